The van der Waals surface area contributed by atoms with Crippen LogP contribution in [0.25, 0.3) is 0 Å². The molecule has 3 aliphatic rings. The van der Waals surface area contributed by atoms with Crippen molar-refractivity contribution in [1.29, 1.82) is 0 Å². The van der Waals surface area contributed by atoms with Crippen molar-refractivity contribution >= 4 is 5.97 Å². The van der Waals surface area contributed by atoms with Crippen molar-refractivity contribution in [2.75, 3.05) is 13.1 Å². The van der Waals surface area contributed by atoms with Crippen LogP contribution in [-0.2, 0) is 11.0 Å². The molecule has 4 atom stereocenters. The third-order valence-electron chi connectivity index (χ3n) is 9.02. The summed E-state index contributed by atoms with van der Waals surface area (Å²) in [6.07, 6.45) is 8.48. The van der Waals surface area contributed by atoms with Crippen LogP contribution in [0.3, 0.4) is 0 Å². The van der Waals surface area contributed by atoms with Gasteiger partial charge in [0.1, 0.15) is 0 Å². The Balaban J connectivity index is 1.61. The van der Waals surface area contributed by atoms with Crippen molar-refractivity contribution in [3.05, 3.63) is 35.4 Å². The van der Waals surface area contributed by atoms with Crippen LogP contribution in [0.15, 0.2) is 24.3 Å². The van der Waals surface area contributed by atoms with Crippen molar-refractivity contribution in [2.45, 2.75) is 95.7 Å². The largest absolute Gasteiger partial charge is 0.481 e. The SMILES string of the molecule is CC(C(=O)O)[C@@H]1CC[C@@H](N(CC2CCCC2)CC2CCCC2)[C@H](c2ccc(C(F)(F)F)cc2)C1. The molecule has 0 bridgehead atoms. The first-order chi connectivity index (χ1) is 16.2. The Labute approximate surface area is 202 Å². The van der Waals surface area contributed by atoms with E-state index in [-0.39, 0.29) is 17.9 Å². The third kappa shape index (κ3) is 6.16. The molecule has 1 aromatic rings. The van der Waals surface area contributed by atoms with E-state index in [1.807, 2.05) is 0 Å². The Morgan fingerprint density at radius 2 is 1.47 bits per heavy atom. The molecule has 3 nitrogen and oxygen atoms in total. The molecule has 0 radical (unpaired) electrons. The number of nitrogens with zero attached hydrogens (tertiary/aromatic N) is 1. The predicted octanol–water partition coefficient (Wildman–Crippen LogP) is 7.36. The standard InChI is InChI=1S/C28H40F3NO2/c1-19(27(33)34)23-12-15-26(25(16-23)22-10-13-24(14-11-22)28(29,30)31)32(17-20-6-2-3-7-20)18-21-8-4-5-9-21/h10-11,13-14,19-21,23,25-26H,2-9,12,15-18H2,1H3,(H,33,34)/t19?,23-,25+,26-/m1/s1. The summed E-state index contributed by atoms with van der Waals surface area (Å²) in [6, 6.07) is 5.98. The highest BCUT2D eigenvalue weighted by atomic mass is 19.4. The average molecular weight is 480 g/mol. The maximum absolute atomic E-state index is 13.2. The fourth-order valence-corrected chi connectivity index (χ4v) is 6.95. The number of aliphatic carboxylic acids is 1. The Bertz CT molecular complexity index is 779. The number of alkyl halides is 3. The summed E-state index contributed by atoms with van der Waals surface area (Å²) in [5.41, 5.74) is 0.316. The van der Waals surface area contributed by atoms with Gasteiger partial charge in [0.15, 0.2) is 0 Å². The fraction of sp³-hybridized carbons (Fsp3) is 0.750. The molecule has 190 valence electrons. The van der Waals surface area contributed by atoms with Crippen LogP contribution in [0, 0.1) is 23.7 Å². The van der Waals surface area contributed by atoms with E-state index < -0.39 is 23.6 Å². The van der Waals surface area contributed by atoms with Crippen molar-refractivity contribution in [2.24, 2.45) is 23.7 Å². The lowest BCUT2D eigenvalue weighted by Crippen LogP contribution is -2.47. The molecule has 0 amide bonds. The highest BCUT2D eigenvalue weighted by molar-refractivity contribution is 5.69. The lowest BCUT2D eigenvalue weighted by molar-refractivity contribution is -0.143. The first-order valence-corrected chi connectivity index (χ1v) is 13.4. The minimum Gasteiger partial charge on any atom is -0.481 e. The van der Waals surface area contributed by atoms with Gasteiger partial charge in [0.25, 0.3) is 0 Å². The normalized spacial score (nSPS) is 28.0. The summed E-state index contributed by atoms with van der Waals surface area (Å²) in [5, 5.41) is 9.64. The summed E-state index contributed by atoms with van der Waals surface area (Å²) in [6.45, 7) is 3.95. The molecule has 0 heterocycles. The monoisotopic (exact) mass is 479 g/mol. The summed E-state index contributed by atoms with van der Waals surface area (Å²) < 4.78 is 39.6. The molecule has 3 saturated carbocycles. The highest BCUT2D eigenvalue weighted by Gasteiger charge is 2.40. The quantitative estimate of drug-likeness (QED) is 0.423. The summed E-state index contributed by atoms with van der Waals surface area (Å²) in [5.74, 6) is 0.349. The first-order valence-electron chi connectivity index (χ1n) is 13.4. The van der Waals surface area contributed by atoms with Crippen molar-refractivity contribution < 1.29 is 23.1 Å². The van der Waals surface area contributed by atoms with E-state index in [4.69, 9.17) is 0 Å². The molecular formula is C28H40F3NO2. The summed E-state index contributed by atoms with van der Waals surface area (Å²) in [4.78, 5) is 14.4. The molecule has 0 spiro atoms. The van der Waals surface area contributed by atoms with E-state index in [0.29, 0.717) is 11.8 Å². The zero-order valence-electron chi connectivity index (χ0n) is 20.4. The van der Waals surface area contributed by atoms with Crippen molar-refractivity contribution in [1.82, 2.24) is 4.90 Å². The molecule has 1 aromatic carbocycles. The van der Waals surface area contributed by atoms with Crippen LogP contribution >= 0.6 is 0 Å². The Morgan fingerprint density at radius 3 is 1.94 bits per heavy atom. The lowest BCUT2D eigenvalue weighted by atomic mass is 9.70. The number of carbonyl (C=O) groups is 1. The predicted molar refractivity (Wildman–Crippen MR) is 128 cm³/mol. The van der Waals surface area contributed by atoms with Gasteiger partial charge < -0.3 is 5.11 Å². The second-order valence-corrected chi connectivity index (χ2v) is 11.2. The zero-order valence-corrected chi connectivity index (χ0v) is 20.4. The number of hydrogen-bond donors (Lipinski definition) is 1. The smallest absolute Gasteiger partial charge is 0.416 e. The summed E-state index contributed by atoms with van der Waals surface area (Å²) >= 11 is 0. The molecule has 3 aliphatic carbocycles. The number of benzene rings is 1. The summed E-state index contributed by atoms with van der Waals surface area (Å²) in [7, 11) is 0. The van der Waals surface area contributed by atoms with E-state index in [9.17, 15) is 23.1 Å². The topological polar surface area (TPSA) is 40.5 Å². The van der Waals surface area contributed by atoms with Gasteiger partial charge in [-0.25, -0.2) is 0 Å². The first kappa shape index (κ1) is 25.5. The van der Waals surface area contributed by atoms with Crippen LogP contribution < -0.4 is 0 Å². The zero-order chi connectivity index (χ0) is 24.3. The number of carboxylic acid groups (broad SMARTS) is 1. The second-order valence-electron chi connectivity index (χ2n) is 11.2. The van der Waals surface area contributed by atoms with Crippen molar-refractivity contribution in [3.8, 4) is 0 Å². The van der Waals surface area contributed by atoms with Crippen LogP contribution in [0.4, 0.5) is 13.2 Å². The van der Waals surface area contributed by atoms with Gasteiger partial charge in [-0.05, 0) is 86.3 Å². The molecular weight excluding hydrogens is 439 g/mol. The van der Waals surface area contributed by atoms with Crippen LogP contribution in [0.1, 0.15) is 94.6 Å². The Morgan fingerprint density at radius 1 is 0.941 bits per heavy atom. The van der Waals surface area contributed by atoms with Gasteiger partial charge in [-0.3, -0.25) is 9.69 Å². The van der Waals surface area contributed by atoms with Gasteiger partial charge >= 0.3 is 12.1 Å². The van der Waals surface area contributed by atoms with Gasteiger partial charge in [-0.1, -0.05) is 44.7 Å². The molecule has 0 aliphatic heterocycles. The van der Waals surface area contributed by atoms with Gasteiger partial charge in [-0.15, -0.1) is 0 Å². The number of halogens is 3. The maximum atomic E-state index is 13.2. The minimum absolute atomic E-state index is 0.0563. The Hall–Kier alpha value is -1.56. The van der Waals surface area contributed by atoms with Crippen LogP contribution in [-0.4, -0.2) is 35.1 Å². The van der Waals surface area contributed by atoms with Gasteiger partial charge in [0, 0.05) is 19.1 Å². The van der Waals surface area contributed by atoms with Crippen LogP contribution in [0.2, 0.25) is 0 Å². The van der Waals surface area contributed by atoms with E-state index >= 15 is 0 Å². The minimum atomic E-state index is -4.35. The van der Waals surface area contributed by atoms with Gasteiger partial charge in [-0.2, -0.15) is 13.2 Å². The molecule has 4 rings (SSSR count). The van der Waals surface area contributed by atoms with Gasteiger partial charge in [0.2, 0.25) is 0 Å². The molecule has 34 heavy (non-hydrogen) atoms. The Kier molecular flexibility index (Phi) is 8.27. The van der Waals surface area contributed by atoms with E-state index in [2.05, 4.69) is 4.90 Å². The number of carboxylic acids is 1. The maximum Gasteiger partial charge on any atom is 0.416 e. The highest BCUT2D eigenvalue weighted by Crippen LogP contribution is 2.44. The van der Waals surface area contributed by atoms with Crippen LogP contribution in [0.5, 0.6) is 0 Å². The fourth-order valence-electron chi connectivity index (χ4n) is 6.95. The molecule has 0 aromatic heterocycles. The molecule has 0 saturated heterocycles. The molecule has 3 fully saturated rings. The molecule has 6 heteroatoms. The number of rotatable bonds is 8. The average Bonchev–Trinajstić information content (AvgIpc) is 3.52. The third-order valence-corrected chi connectivity index (χ3v) is 9.02. The van der Waals surface area contributed by atoms with Crippen molar-refractivity contribution in [3.63, 3.8) is 0 Å². The van der Waals surface area contributed by atoms with E-state index in [0.717, 1.165) is 37.9 Å². The van der Waals surface area contributed by atoms with E-state index in [1.165, 1.54) is 63.5 Å². The lowest BCUT2D eigenvalue weighted by Gasteiger charge is -2.45. The molecule has 1 unspecified atom stereocenters. The van der Waals surface area contributed by atoms with E-state index in [1.54, 1.807) is 19.1 Å². The second kappa shape index (κ2) is 11.0. The molecule has 1 N–H and O–H groups in total. The van der Waals surface area contributed by atoms with Gasteiger partial charge in [0.05, 0.1) is 11.5 Å². The number of hydrogen-bond acceptors (Lipinski definition) is 2.